The fourth-order valence-electron chi connectivity index (χ4n) is 4.22. The van der Waals surface area contributed by atoms with E-state index in [4.69, 9.17) is 0 Å². The Bertz CT molecular complexity index is 1090. The smallest absolute Gasteiger partial charge is 0.183 e. The molecule has 2 aromatic carbocycles. The van der Waals surface area contributed by atoms with Crippen LogP contribution in [-0.4, -0.2) is 21.7 Å². The number of nitrogens with one attached hydrogen (secondary N) is 1. The molecule has 0 amide bonds. The highest BCUT2D eigenvalue weighted by molar-refractivity contribution is 7.16. The summed E-state index contributed by atoms with van der Waals surface area (Å²) in [4.78, 5) is 5.35. The van der Waals surface area contributed by atoms with Gasteiger partial charge in [0, 0.05) is 34.9 Å². The van der Waals surface area contributed by atoms with Crippen molar-refractivity contribution in [1.82, 2.24) is 4.98 Å². The van der Waals surface area contributed by atoms with Crippen LogP contribution >= 0.6 is 11.3 Å². The average Bonchev–Trinajstić information content (AvgIpc) is 3.18. The third kappa shape index (κ3) is 4.93. The summed E-state index contributed by atoms with van der Waals surface area (Å²) in [7, 11) is 0. The van der Waals surface area contributed by atoms with Crippen molar-refractivity contribution in [1.29, 1.82) is 0 Å². The zero-order valence-electron chi connectivity index (χ0n) is 17.7. The number of halogens is 2. The number of nitrogens with zero attached hydrogens (tertiary/aromatic N) is 1. The number of allylic oxidation sites excluding steroid dienone is 1. The van der Waals surface area contributed by atoms with E-state index in [-0.39, 0.29) is 29.4 Å². The molecule has 0 saturated heterocycles. The van der Waals surface area contributed by atoms with Crippen LogP contribution in [0.3, 0.4) is 0 Å². The van der Waals surface area contributed by atoms with Gasteiger partial charge < -0.3 is 15.5 Å². The van der Waals surface area contributed by atoms with E-state index < -0.39 is 11.6 Å². The third-order valence-electron chi connectivity index (χ3n) is 6.12. The van der Waals surface area contributed by atoms with Crippen LogP contribution in [0.25, 0.3) is 11.3 Å². The number of rotatable bonds is 7. The number of phenols is 1. The number of aliphatic hydroxyl groups excluding tert-OH is 1. The highest BCUT2D eigenvalue weighted by Crippen LogP contribution is 2.38. The molecule has 1 saturated carbocycles. The van der Waals surface area contributed by atoms with Gasteiger partial charge in [0.15, 0.2) is 5.13 Å². The van der Waals surface area contributed by atoms with Gasteiger partial charge in [-0.2, -0.15) is 0 Å². The second-order valence-corrected chi connectivity index (χ2v) is 9.36. The van der Waals surface area contributed by atoms with E-state index in [1.807, 2.05) is 0 Å². The number of aromatic hydroxyl groups is 1. The molecule has 0 radical (unpaired) electrons. The Labute approximate surface area is 190 Å². The van der Waals surface area contributed by atoms with Crippen molar-refractivity contribution in [3.63, 3.8) is 0 Å². The Balaban J connectivity index is 1.56. The Kier molecular flexibility index (Phi) is 6.74. The Morgan fingerprint density at radius 2 is 1.75 bits per heavy atom. The van der Waals surface area contributed by atoms with Gasteiger partial charge in [0.1, 0.15) is 17.4 Å². The number of aliphatic hydroxyl groups is 1. The fraction of sp³-hybridized carbons (Fsp3) is 0.320. The molecule has 0 bridgehead atoms. The molecule has 7 heteroatoms. The second-order valence-electron chi connectivity index (χ2n) is 8.27. The molecule has 0 aliphatic heterocycles. The van der Waals surface area contributed by atoms with Gasteiger partial charge in [0.2, 0.25) is 0 Å². The van der Waals surface area contributed by atoms with Gasteiger partial charge in [0.25, 0.3) is 0 Å². The molecule has 0 atom stereocenters. The van der Waals surface area contributed by atoms with Gasteiger partial charge in [-0.1, -0.05) is 24.8 Å². The van der Waals surface area contributed by atoms with Crippen LogP contribution in [0.4, 0.5) is 13.9 Å². The Morgan fingerprint density at radius 1 is 1.06 bits per heavy atom. The monoisotopic (exact) mass is 456 g/mol. The van der Waals surface area contributed by atoms with E-state index in [0.717, 1.165) is 32.2 Å². The Morgan fingerprint density at radius 3 is 2.41 bits per heavy atom. The van der Waals surface area contributed by atoms with Gasteiger partial charge >= 0.3 is 0 Å². The second kappa shape index (κ2) is 9.69. The molecule has 1 aromatic heterocycles. The largest absolute Gasteiger partial charge is 0.513 e. The van der Waals surface area contributed by atoms with Crippen LogP contribution in [0.15, 0.2) is 54.8 Å². The minimum atomic E-state index is -0.599. The molecule has 32 heavy (non-hydrogen) atoms. The summed E-state index contributed by atoms with van der Waals surface area (Å²) in [5, 5.41) is 24.0. The summed E-state index contributed by atoms with van der Waals surface area (Å²) in [5.41, 5.74) is 1.05. The van der Waals surface area contributed by atoms with Crippen LogP contribution in [0.5, 0.6) is 5.75 Å². The first-order chi connectivity index (χ1) is 15.4. The Hall–Kier alpha value is -2.93. The number of para-hydroxylation sites is 1. The van der Waals surface area contributed by atoms with Gasteiger partial charge in [-0.3, -0.25) is 0 Å². The van der Waals surface area contributed by atoms with Crippen molar-refractivity contribution in [2.75, 3.05) is 11.9 Å². The first kappa shape index (κ1) is 22.3. The number of phenolic OH excluding ortho intramolecular Hbond substituents is 1. The van der Waals surface area contributed by atoms with Crippen LogP contribution in [-0.2, 0) is 6.42 Å². The maximum absolute atomic E-state index is 14.3. The molecule has 168 valence electrons. The standard InChI is InChI=1S/C25H26F2N2O2S/c1-15(30)17-11-9-16(10-12-17)14-28-25-29-24(18-5-2-3-8-22(18)31)23(32-25)13-19-20(26)6-4-7-21(19)27/h2-8,16-17,30-31H,1,9-14H2,(H,28,29). The summed E-state index contributed by atoms with van der Waals surface area (Å²) >= 11 is 1.35. The molecule has 0 unspecified atom stereocenters. The fourth-order valence-corrected chi connectivity index (χ4v) is 5.22. The molecule has 3 N–H and O–H groups in total. The van der Waals surface area contributed by atoms with Crippen molar-refractivity contribution in [3.05, 3.63) is 76.9 Å². The molecule has 4 nitrogen and oxygen atoms in total. The quantitative estimate of drug-likeness (QED) is 0.347. The van der Waals surface area contributed by atoms with Crippen LogP contribution < -0.4 is 5.32 Å². The lowest BCUT2D eigenvalue weighted by molar-refractivity contribution is 0.242. The highest BCUT2D eigenvalue weighted by atomic mass is 32.1. The van der Waals surface area contributed by atoms with Gasteiger partial charge in [0.05, 0.1) is 11.5 Å². The number of aromatic nitrogens is 1. The number of benzene rings is 2. The SMILES string of the molecule is C=C(O)C1CCC(CNc2nc(-c3ccccc3O)c(Cc3c(F)cccc3F)s2)CC1. The predicted molar refractivity (Wildman–Crippen MR) is 124 cm³/mol. The zero-order valence-corrected chi connectivity index (χ0v) is 18.5. The number of hydrogen-bond acceptors (Lipinski definition) is 5. The molecule has 1 heterocycles. The molecule has 4 rings (SSSR count). The van der Waals surface area contributed by atoms with Crippen molar-refractivity contribution < 1.29 is 19.0 Å². The van der Waals surface area contributed by atoms with E-state index in [1.54, 1.807) is 24.3 Å². The average molecular weight is 457 g/mol. The summed E-state index contributed by atoms with van der Waals surface area (Å²) in [5.74, 6) is -0.218. The van der Waals surface area contributed by atoms with E-state index in [0.29, 0.717) is 27.2 Å². The van der Waals surface area contributed by atoms with Crippen LogP contribution in [0.2, 0.25) is 0 Å². The first-order valence-electron chi connectivity index (χ1n) is 10.7. The topological polar surface area (TPSA) is 65.4 Å². The van der Waals surface area contributed by atoms with Crippen molar-refractivity contribution in [2.45, 2.75) is 32.1 Å². The maximum atomic E-state index is 14.3. The normalized spacial score (nSPS) is 18.4. The number of hydrogen-bond donors (Lipinski definition) is 3. The lowest BCUT2D eigenvalue weighted by atomic mass is 9.81. The molecule has 3 aromatic rings. The van der Waals surface area contributed by atoms with E-state index in [9.17, 15) is 19.0 Å². The third-order valence-corrected chi connectivity index (χ3v) is 7.13. The summed E-state index contributed by atoms with van der Waals surface area (Å²) in [6.07, 6.45) is 3.86. The molecule has 1 aliphatic rings. The van der Waals surface area contributed by atoms with E-state index >= 15 is 0 Å². The van der Waals surface area contributed by atoms with Gasteiger partial charge in [-0.25, -0.2) is 13.8 Å². The lowest BCUT2D eigenvalue weighted by Crippen LogP contribution is -2.21. The minimum Gasteiger partial charge on any atom is -0.513 e. The molecule has 1 aliphatic carbocycles. The number of anilines is 1. The van der Waals surface area contributed by atoms with E-state index in [1.165, 1.54) is 29.5 Å². The first-order valence-corrected chi connectivity index (χ1v) is 11.6. The van der Waals surface area contributed by atoms with Gasteiger partial charge in [-0.15, -0.1) is 11.3 Å². The minimum absolute atomic E-state index is 0.0121. The lowest BCUT2D eigenvalue weighted by Gasteiger charge is -2.27. The van der Waals surface area contributed by atoms with Crippen LogP contribution in [0.1, 0.15) is 36.1 Å². The summed E-state index contributed by atoms with van der Waals surface area (Å²) in [6.45, 7) is 4.38. The van der Waals surface area contributed by atoms with Crippen molar-refractivity contribution >= 4 is 16.5 Å². The van der Waals surface area contributed by atoms with Crippen LogP contribution in [0, 0.1) is 23.5 Å². The number of thiazole rings is 1. The van der Waals surface area contributed by atoms with Crippen molar-refractivity contribution in [2.24, 2.45) is 11.8 Å². The maximum Gasteiger partial charge on any atom is 0.183 e. The predicted octanol–water partition coefficient (Wildman–Crippen LogP) is 6.67. The van der Waals surface area contributed by atoms with Crippen molar-refractivity contribution in [3.8, 4) is 17.0 Å². The van der Waals surface area contributed by atoms with Gasteiger partial charge in [-0.05, 0) is 55.9 Å². The highest BCUT2D eigenvalue weighted by Gasteiger charge is 2.24. The molecular formula is C25H26F2N2O2S. The summed E-state index contributed by atoms with van der Waals surface area (Å²) in [6, 6.07) is 10.7. The van der Waals surface area contributed by atoms with E-state index in [2.05, 4.69) is 16.9 Å². The summed E-state index contributed by atoms with van der Waals surface area (Å²) < 4.78 is 28.6. The molecule has 0 spiro atoms. The zero-order chi connectivity index (χ0) is 22.7. The molecular weight excluding hydrogens is 430 g/mol. The molecule has 1 fully saturated rings.